The normalized spacial score (nSPS) is 13.3. The number of rotatable bonds is 5. The van der Waals surface area contributed by atoms with E-state index in [4.69, 9.17) is 4.18 Å². The third-order valence-corrected chi connectivity index (χ3v) is 5.53. The maximum absolute atomic E-state index is 11.3. The smallest absolute Gasteiger partial charge is 0.269 e. The fourth-order valence-electron chi connectivity index (χ4n) is 0.429. The molecule has 0 amide bonds. The van der Waals surface area contributed by atoms with Crippen molar-refractivity contribution in [2.45, 2.75) is 32.2 Å². The maximum atomic E-state index is 11.3. The van der Waals surface area contributed by atoms with Crippen molar-refractivity contribution in [1.29, 1.82) is 0 Å². The Morgan fingerprint density at radius 2 is 1.92 bits per heavy atom. The van der Waals surface area contributed by atoms with E-state index in [2.05, 4.69) is 6.58 Å². The summed E-state index contributed by atoms with van der Waals surface area (Å²) in [5, 5.41) is -0.470. The van der Waals surface area contributed by atoms with Crippen molar-refractivity contribution in [2.24, 2.45) is 0 Å². The molecule has 0 unspecified atom stereocenters. The Bertz CT molecular complexity index is 267. The summed E-state index contributed by atoms with van der Waals surface area (Å²) in [6.07, 6.45) is 0.289. The molecule has 0 aliphatic rings. The van der Waals surface area contributed by atoms with Gasteiger partial charge in [0.2, 0.25) is 0 Å². The first-order valence-electron chi connectivity index (χ1n) is 4.23. The fraction of sp³-hybridized carbons (Fsp3) is 0.750. The molecule has 13 heavy (non-hydrogen) atoms. The van der Waals surface area contributed by atoms with Gasteiger partial charge in [0.05, 0.1) is 11.5 Å². The zero-order chi connectivity index (χ0) is 10.7. The van der Waals surface area contributed by atoms with E-state index in [1.54, 1.807) is 13.8 Å². The highest BCUT2D eigenvalue weighted by molar-refractivity contribution is 7.87. The van der Waals surface area contributed by atoms with Crippen molar-refractivity contribution >= 4 is 18.2 Å². The van der Waals surface area contributed by atoms with Crippen LogP contribution < -0.4 is 0 Å². The van der Waals surface area contributed by atoms with Gasteiger partial charge in [0.25, 0.3) is 10.1 Å². The molecule has 78 valence electrons. The van der Waals surface area contributed by atoms with E-state index in [9.17, 15) is 8.42 Å². The lowest BCUT2D eigenvalue weighted by Crippen LogP contribution is -2.33. The van der Waals surface area contributed by atoms with Gasteiger partial charge in [-0.2, -0.15) is 8.42 Å². The molecule has 0 aromatic carbocycles. The molecule has 5 heteroatoms. The molecule has 0 spiro atoms. The van der Waals surface area contributed by atoms with Gasteiger partial charge in [0.1, 0.15) is 8.07 Å². The Balaban J connectivity index is 4.27. The van der Waals surface area contributed by atoms with E-state index < -0.39 is 23.4 Å². The van der Waals surface area contributed by atoms with Crippen LogP contribution in [0.3, 0.4) is 0 Å². The van der Waals surface area contributed by atoms with Crippen LogP contribution >= 0.6 is 0 Å². The van der Waals surface area contributed by atoms with Crippen LogP contribution in [0.5, 0.6) is 0 Å². The van der Waals surface area contributed by atoms with Gasteiger partial charge in [-0.25, -0.2) is 0 Å². The number of hydrogen-bond donors (Lipinski definition) is 0. The van der Waals surface area contributed by atoms with Crippen LogP contribution in [0.2, 0.25) is 13.1 Å². The zero-order valence-electron chi connectivity index (χ0n) is 8.70. The first kappa shape index (κ1) is 12.9. The lowest BCUT2D eigenvalue weighted by atomic mass is 10.6. The minimum atomic E-state index is -3.35. The van der Waals surface area contributed by atoms with Crippen LogP contribution in [0, 0.1) is 0 Å². The minimum Gasteiger partial charge on any atom is -0.273 e. The Labute approximate surface area is 81.9 Å². The van der Waals surface area contributed by atoms with Crippen LogP contribution in [0.15, 0.2) is 12.3 Å². The van der Waals surface area contributed by atoms with E-state index in [0.717, 1.165) is 0 Å². The summed E-state index contributed by atoms with van der Waals surface area (Å²) in [6.45, 7) is 10.9. The van der Waals surface area contributed by atoms with Gasteiger partial charge in [-0.05, 0) is 13.8 Å². The SMILES string of the molecule is C=C[Si](C)(C)COS(=O)(=O)C(C)C. The summed E-state index contributed by atoms with van der Waals surface area (Å²) < 4.78 is 27.4. The Kier molecular flexibility index (Phi) is 4.34. The Morgan fingerprint density at radius 1 is 1.46 bits per heavy atom. The molecule has 0 saturated heterocycles. The Hall–Kier alpha value is -0.133. The first-order valence-corrected chi connectivity index (χ1v) is 8.99. The molecule has 0 bridgehead atoms. The second kappa shape index (κ2) is 4.39. The van der Waals surface area contributed by atoms with Crippen molar-refractivity contribution in [1.82, 2.24) is 0 Å². The summed E-state index contributed by atoms with van der Waals surface area (Å²) in [5.74, 6) is 0. The highest BCUT2D eigenvalue weighted by Crippen LogP contribution is 2.09. The molecule has 0 saturated carbocycles. The molecule has 3 nitrogen and oxygen atoms in total. The van der Waals surface area contributed by atoms with Crippen molar-refractivity contribution in [3.8, 4) is 0 Å². The second-order valence-electron chi connectivity index (χ2n) is 4.00. The van der Waals surface area contributed by atoms with Crippen LogP contribution in [0.1, 0.15) is 13.8 Å². The second-order valence-corrected chi connectivity index (χ2v) is 10.8. The van der Waals surface area contributed by atoms with Crippen LogP contribution in [0.4, 0.5) is 0 Å². The average Bonchev–Trinajstić information content (AvgIpc) is 2.01. The van der Waals surface area contributed by atoms with Gasteiger partial charge in [0.15, 0.2) is 0 Å². The van der Waals surface area contributed by atoms with E-state index in [0.29, 0.717) is 0 Å². The highest BCUT2D eigenvalue weighted by atomic mass is 32.2. The molecule has 0 fully saturated rings. The third-order valence-electron chi connectivity index (χ3n) is 1.73. The van der Waals surface area contributed by atoms with Crippen LogP contribution in [-0.2, 0) is 14.3 Å². The Morgan fingerprint density at radius 3 is 2.23 bits per heavy atom. The first-order chi connectivity index (χ1) is 5.71. The summed E-state index contributed by atoms with van der Waals surface area (Å²) in [7, 11) is -5.02. The van der Waals surface area contributed by atoms with Crippen molar-refractivity contribution in [3.05, 3.63) is 12.3 Å². The lowest BCUT2D eigenvalue weighted by Gasteiger charge is -2.17. The predicted octanol–water partition coefficient (Wildman–Crippen LogP) is 1.71. The molecular formula is C8H18O3SSi. The fourth-order valence-corrected chi connectivity index (χ4v) is 2.69. The molecule has 0 aliphatic heterocycles. The van der Waals surface area contributed by atoms with Gasteiger partial charge in [-0.3, -0.25) is 4.18 Å². The predicted molar refractivity (Wildman–Crippen MR) is 57.7 cm³/mol. The van der Waals surface area contributed by atoms with Crippen LogP contribution in [0.25, 0.3) is 0 Å². The summed E-state index contributed by atoms with van der Waals surface area (Å²) >= 11 is 0. The summed E-state index contributed by atoms with van der Waals surface area (Å²) in [5.41, 5.74) is 1.82. The monoisotopic (exact) mass is 222 g/mol. The summed E-state index contributed by atoms with van der Waals surface area (Å²) in [6, 6.07) is 0. The summed E-state index contributed by atoms with van der Waals surface area (Å²) in [4.78, 5) is 0. The van der Waals surface area contributed by atoms with Crippen LogP contribution in [-0.4, -0.2) is 28.0 Å². The van der Waals surface area contributed by atoms with Crippen molar-refractivity contribution in [3.63, 3.8) is 0 Å². The third kappa shape index (κ3) is 4.59. The number of hydrogen-bond acceptors (Lipinski definition) is 3. The quantitative estimate of drug-likeness (QED) is 0.525. The minimum absolute atomic E-state index is 0.289. The molecule has 0 radical (unpaired) electrons. The maximum Gasteiger partial charge on any atom is 0.269 e. The molecule has 0 heterocycles. The van der Waals surface area contributed by atoms with E-state index >= 15 is 0 Å². The van der Waals surface area contributed by atoms with E-state index in [1.807, 2.05) is 18.8 Å². The topological polar surface area (TPSA) is 43.4 Å². The molecule has 0 N–H and O–H groups in total. The van der Waals surface area contributed by atoms with E-state index in [-0.39, 0.29) is 6.23 Å². The van der Waals surface area contributed by atoms with Gasteiger partial charge < -0.3 is 0 Å². The average molecular weight is 222 g/mol. The molecule has 0 atom stereocenters. The molecule has 0 aliphatic carbocycles. The highest BCUT2D eigenvalue weighted by Gasteiger charge is 2.23. The van der Waals surface area contributed by atoms with Crippen molar-refractivity contribution < 1.29 is 12.6 Å². The lowest BCUT2D eigenvalue weighted by molar-refractivity contribution is 0.364. The van der Waals surface area contributed by atoms with Gasteiger partial charge in [0, 0.05) is 0 Å². The van der Waals surface area contributed by atoms with Gasteiger partial charge in [-0.1, -0.05) is 18.8 Å². The van der Waals surface area contributed by atoms with E-state index in [1.165, 1.54) is 0 Å². The molecule has 0 aromatic heterocycles. The van der Waals surface area contributed by atoms with Gasteiger partial charge >= 0.3 is 0 Å². The molecule has 0 rings (SSSR count). The molecular weight excluding hydrogens is 204 g/mol. The largest absolute Gasteiger partial charge is 0.273 e. The standard InChI is InChI=1S/C8H18O3SSi/c1-6-13(4,5)7-11-12(9,10)8(2)3/h6,8H,1,7H2,2-5H3. The molecule has 0 aromatic rings. The van der Waals surface area contributed by atoms with Gasteiger partial charge in [-0.15, -0.1) is 6.58 Å². The van der Waals surface area contributed by atoms with Crippen molar-refractivity contribution in [2.75, 3.05) is 6.23 Å². The zero-order valence-corrected chi connectivity index (χ0v) is 10.5.